The van der Waals surface area contributed by atoms with Crippen LogP contribution in [0.5, 0.6) is 0 Å². The molecular weight excluding hydrogens is 270 g/mol. The van der Waals surface area contributed by atoms with E-state index in [4.69, 9.17) is 0 Å². The Hall–Kier alpha value is -1.62. The minimum atomic E-state index is -0.130. The number of thiazole rings is 1. The van der Waals surface area contributed by atoms with Gasteiger partial charge in [-0.05, 0) is 0 Å². The van der Waals surface area contributed by atoms with Gasteiger partial charge in [-0.1, -0.05) is 32.9 Å². The second-order valence-electron chi connectivity index (χ2n) is 5.54. The predicted molar refractivity (Wildman–Crippen MR) is 85.0 cm³/mol. The lowest BCUT2D eigenvalue weighted by Crippen LogP contribution is -2.39. The molecule has 0 spiro atoms. The standard InChI is InChI=1S/C15H23N3OS/c1-6-8-18(9-7-2)14(19)16-10-12-11-20-13(17-12)15(3,4)5/h6-7,11H,1-2,8-10H2,3-5H3,(H,16,19). The second kappa shape index (κ2) is 7.24. The van der Waals surface area contributed by atoms with E-state index in [0.29, 0.717) is 19.6 Å². The van der Waals surface area contributed by atoms with E-state index in [1.807, 2.05) is 5.38 Å². The van der Waals surface area contributed by atoms with Gasteiger partial charge in [0.1, 0.15) is 0 Å². The monoisotopic (exact) mass is 293 g/mol. The summed E-state index contributed by atoms with van der Waals surface area (Å²) >= 11 is 1.63. The molecule has 5 heteroatoms. The van der Waals surface area contributed by atoms with E-state index in [2.05, 4.69) is 44.2 Å². The van der Waals surface area contributed by atoms with Gasteiger partial charge >= 0.3 is 6.03 Å². The van der Waals surface area contributed by atoms with Gasteiger partial charge in [0.2, 0.25) is 0 Å². The van der Waals surface area contributed by atoms with E-state index in [1.54, 1.807) is 28.4 Å². The molecule has 1 aromatic rings. The molecule has 0 saturated carbocycles. The lowest BCUT2D eigenvalue weighted by atomic mass is 9.98. The van der Waals surface area contributed by atoms with Crippen molar-refractivity contribution < 1.29 is 4.79 Å². The summed E-state index contributed by atoms with van der Waals surface area (Å²) in [5.41, 5.74) is 0.940. The number of nitrogens with one attached hydrogen (secondary N) is 1. The zero-order valence-electron chi connectivity index (χ0n) is 12.5. The maximum Gasteiger partial charge on any atom is 0.318 e. The van der Waals surface area contributed by atoms with E-state index >= 15 is 0 Å². The zero-order chi connectivity index (χ0) is 15.2. The van der Waals surface area contributed by atoms with Crippen LogP contribution < -0.4 is 5.32 Å². The summed E-state index contributed by atoms with van der Waals surface area (Å²) in [7, 11) is 0. The number of amides is 2. The minimum Gasteiger partial charge on any atom is -0.332 e. The summed E-state index contributed by atoms with van der Waals surface area (Å²) in [5, 5.41) is 5.94. The highest BCUT2D eigenvalue weighted by atomic mass is 32.1. The lowest BCUT2D eigenvalue weighted by Gasteiger charge is -2.19. The largest absolute Gasteiger partial charge is 0.332 e. The van der Waals surface area contributed by atoms with Gasteiger partial charge in [0, 0.05) is 23.9 Å². The van der Waals surface area contributed by atoms with Crippen molar-refractivity contribution in [2.75, 3.05) is 13.1 Å². The van der Waals surface area contributed by atoms with Crippen LogP contribution in [0.25, 0.3) is 0 Å². The highest BCUT2D eigenvalue weighted by molar-refractivity contribution is 7.09. The maximum absolute atomic E-state index is 12.0. The molecule has 2 amide bonds. The molecule has 1 N–H and O–H groups in total. The molecule has 0 aliphatic carbocycles. The van der Waals surface area contributed by atoms with Gasteiger partial charge in [-0.3, -0.25) is 0 Å². The number of nitrogens with zero attached hydrogens (tertiary/aromatic N) is 2. The highest BCUT2D eigenvalue weighted by Crippen LogP contribution is 2.25. The molecule has 4 nitrogen and oxygen atoms in total. The third-order valence-corrected chi connectivity index (χ3v) is 3.92. The van der Waals surface area contributed by atoms with Crippen LogP contribution in [0.1, 0.15) is 31.5 Å². The Morgan fingerprint density at radius 1 is 1.40 bits per heavy atom. The van der Waals surface area contributed by atoms with Crippen molar-refractivity contribution in [3.8, 4) is 0 Å². The fourth-order valence-electron chi connectivity index (χ4n) is 1.56. The Morgan fingerprint density at radius 3 is 2.45 bits per heavy atom. The van der Waals surface area contributed by atoms with Crippen LogP contribution in [0.4, 0.5) is 4.79 Å². The average molecular weight is 293 g/mol. The summed E-state index contributed by atoms with van der Waals surface area (Å²) in [5.74, 6) is 0. The molecule has 0 aliphatic rings. The molecule has 0 bridgehead atoms. The van der Waals surface area contributed by atoms with E-state index in [-0.39, 0.29) is 11.4 Å². The minimum absolute atomic E-state index is 0.0463. The fourth-order valence-corrected chi connectivity index (χ4v) is 2.47. The summed E-state index contributed by atoms with van der Waals surface area (Å²) in [4.78, 5) is 18.2. The molecule has 0 unspecified atom stereocenters. The molecule has 0 aliphatic heterocycles. The molecule has 0 radical (unpaired) electrons. The zero-order valence-corrected chi connectivity index (χ0v) is 13.3. The highest BCUT2D eigenvalue weighted by Gasteiger charge is 2.18. The number of hydrogen-bond donors (Lipinski definition) is 1. The van der Waals surface area contributed by atoms with Crippen LogP contribution in [0.3, 0.4) is 0 Å². The summed E-state index contributed by atoms with van der Waals surface area (Å²) < 4.78 is 0. The Kier molecular flexibility index (Phi) is 5.95. The topological polar surface area (TPSA) is 45.2 Å². The van der Waals surface area contributed by atoms with Crippen molar-refractivity contribution in [2.24, 2.45) is 0 Å². The maximum atomic E-state index is 12.0. The molecule has 0 aromatic carbocycles. The van der Waals surface area contributed by atoms with Crippen LogP contribution in [0.15, 0.2) is 30.7 Å². The van der Waals surface area contributed by atoms with Crippen molar-refractivity contribution in [3.05, 3.63) is 41.4 Å². The number of aromatic nitrogens is 1. The molecule has 0 atom stereocenters. The number of hydrogen-bond acceptors (Lipinski definition) is 3. The van der Waals surface area contributed by atoms with Crippen LogP contribution >= 0.6 is 11.3 Å². The Morgan fingerprint density at radius 2 is 2.00 bits per heavy atom. The Bertz CT molecular complexity index is 464. The molecule has 110 valence electrons. The molecule has 20 heavy (non-hydrogen) atoms. The van der Waals surface area contributed by atoms with Gasteiger partial charge in [0.25, 0.3) is 0 Å². The van der Waals surface area contributed by atoms with Crippen molar-refractivity contribution in [1.82, 2.24) is 15.2 Å². The number of urea groups is 1. The first-order valence-corrected chi connectivity index (χ1v) is 7.46. The smallest absolute Gasteiger partial charge is 0.318 e. The first-order chi connectivity index (χ1) is 9.38. The van der Waals surface area contributed by atoms with Gasteiger partial charge in [-0.2, -0.15) is 0 Å². The van der Waals surface area contributed by atoms with E-state index in [9.17, 15) is 4.79 Å². The lowest BCUT2D eigenvalue weighted by molar-refractivity contribution is 0.207. The van der Waals surface area contributed by atoms with Crippen LogP contribution in [-0.4, -0.2) is 29.0 Å². The van der Waals surface area contributed by atoms with Crippen molar-refractivity contribution >= 4 is 17.4 Å². The van der Waals surface area contributed by atoms with Crippen LogP contribution in [-0.2, 0) is 12.0 Å². The van der Waals surface area contributed by atoms with Gasteiger partial charge in [-0.25, -0.2) is 9.78 Å². The SMILES string of the molecule is C=CCN(CC=C)C(=O)NCc1csc(C(C)(C)C)n1. The number of carbonyl (C=O) groups is 1. The van der Waals surface area contributed by atoms with Gasteiger partial charge in [0.05, 0.1) is 17.2 Å². The third kappa shape index (κ3) is 4.81. The predicted octanol–water partition coefficient (Wildman–Crippen LogP) is 3.32. The van der Waals surface area contributed by atoms with Gasteiger partial charge in [0.15, 0.2) is 0 Å². The first kappa shape index (κ1) is 16.4. The Balaban J connectivity index is 2.57. The molecule has 1 rings (SSSR count). The van der Waals surface area contributed by atoms with Crippen molar-refractivity contribution in [1.29, 1.82) is 0 Å². The van der Waals surface area contributed by atoms with E-state index < -0.39 is 0 Å². The third-order valence-electron chi connectivity index (χ3n) is 2.60. The molecular formula is C15H23N3OS. The Labute approximate surface area is 125 Å². The van der Waals surface area contributed by atoms with Crippen molar-refractivity contribution in [3.63, 3.8) is 0 Å². The number of carbonyl (C=O) groups excluding carboxylic acids is 1. The van der Waals surface area contributed by atoms with E-state index in [0.717, 1.165) is 10.7 Å². The summed E-state index contributed by atoms with van der Waals surface area (Å²) in [6.07, 6.45) is 3.40. The van der Waals surface area contributed by atoms with Gasteiger partial charge in [-0.15, -0.1) is 24.5 Å². The van der Waals surface area contributed by atoms with Crippen molar-refractivity contribution in [2.45, 2.75) is 32.7 Å². The number of rotatable bonds is 6. The summed E-state index contributed by atoms with van der Waals surface area (Å²) in [6.45, 7) is 15.1. The van der Waals surface area contributed by atoms with Crippen LogP contribution in [0.2, 0.25) is 0 Å². The molecule has 1 heterocycles. The fraction of sp³-hybridized carbons (Fsp3) is 0.467. The molecule has 0 fully saturated rings. The summed E-state index contributed by atoms with van der Waals surface area (Å²) in [6, 6.07) is -0.130. The van der Waals surface area contributed by atoms with Gasteiger partial charge < -0.3 is 10.2 Å². The molecule has 1 aromatic heterocycles. The van der Waals surface area contributed by atoms with E-state index in [1.165, 1.54) is 0 Å². The quantitative estimate of drug-likeness (QED) is 0.818. The normalized spacial score (nSPS) is 10.9. The second-order valence-corrected chi connectivity index (χ2v) is 6.39. The van der Waals surface area contributed by atoms with Crippen LogP contribution in [0, 0.1) is 0 Å². The average Bonchev–Trinajstić information content (AvgIpc) is 2.84. The first-order valence-electron chi connectivity index (χ1n) is 6.58. The molecule has 0 saturated heterocycles.